The van der Waals surface area contributed by atoms with Crippen molar-refractivity contribution in [2.75, 3.05) is 13.6 Å². The number of carbonyl (C=O) groups excluding carboxylic acids is 1. The number of carbonyl (C=O) groups is 1. The molecule has 11 heteroatoms. The van der Waals surface area contributed by atoms with Gasteiger partial charge in [-0.2, -0.15) is 4.39 Å². The second kappa shape index (κ2) is 10.0. The Hall–Kier alpha value is -3.11. The van der Waals surface area contributed by atoms with Gasteiger partial charge in [0.25, 0.3) is 0 Å². The van der Waals surface area contributed by atoms with Crippen LogP contribution in [0.1, 0.15) is 29.8 Å². The molecule has 0 aliphatic heterocycles. The van der Waals surface area contributed by atoms with Crippen LogP contribution in [0.4, 0.5) is 17.6 Å². The Balaban J connectivity index is 2.03. The van der Waals surface area contributed by atoms with Gasteiger partial charge in [-0.25, -0.2) is 9.18 Å². The van der Waals surface area contributed by atoms with Crippen molar-refractivity contribution >= 4 is 28.5 Å². The summed E-state index contributed by atoms with van der Waals surface area (Å²) in [5, 5.41) is -0.552. The van der Waals surface area contributed by atoms with Crippen LogP contribution >= 0.6 is 11.6 Å². The second-order valence-electron chi connectivity index (χ2n) is 7.47. The molecule has 0 radical (unpaired) electrons. The van der Waals surface area contributed by atoms with Gasteiger partial charge in [0.05, 0.1) is 10.9 Å². The lowest BCUT2D eigenvalue weighted by Gasteiger charge is -2.18. The lowest BCUT2D eigenvalue weighted by Crippen LogP contribution is -2.24. The fourth-order valence-electron chi connectivity index (χ4n) is 3.33. The van der Waals surface area contributed by atoms with Gasteiger partial charge in [-0.3, -0.25) is 4.79 Å². The third-order valence-corrected chi connectivity index (χ3v) is 5.19. The summed E-state index contributed by atoms with van der Waals surface area (Å²) < 4.78 is 65.4. The number of fused-ring (bicyclic) bond motifs is 1. The van der Waals surface area contributed by atoms with E-state index in [4.69, 9.17) is 16.3 Å². The zero-order valence-corrected chi connectivity index (χ0v) is 19.3. The number of nitrogens with zero attached hydrogens (tertiary/aromatic N) is 2. The van der Waals surface area contributed by atoms with E-state index < -0.39 is 50.8 Å². The lowest BCUT2D eigenvalue weighted by molar-refractivity contribution is -0.0979. The molecule has 2 aromatic carbocycles. The minimum absolute atomic E-state index is 0.00794. The molecule has 3 aromatic rings. The molecule has 0 unspecified atom stereocenters. The van der Waals surface area contributed by atoms with Gasteiger partial charge >= 0.3 is 11.5 Å². The molecule has 0 N–H and O–H groups in total. The number of esters is 1. The highest BCUT2D eigenvalue weighted by atomic mass is 35.5. The predicted octanol–water partition coefficient (Wildman–Crippen LogP) is 5.14. The standard InChI is InChI=1S/C23H21ClF4N2O4/c1-4-29(3)11-13-6-8-14(9-7-13)33-22(32)16-12-30(5-2)19-15(20(16)31)10-17(25)18(26)21(19)34-23(24,27)28/h6-10,12H,4-5,11H2,1-3H3. The van der Waals surface area contributed by atoms with Crippen LogP contribution in [-0.2, 0) is 13.1 Å². The minimum atomic E-state index is -4.37. The van der Waals surface area contributed by atoms with Gasteiger partial charge in [0.1, 0.15) is 11.3 Å². The summed E-state index contributed by atoms with van der Waals surface area (Å²) in [7, 11) is 1.95. The number of alkyl halides is 3. The SMILES string of the molecule is CCN(C)Cc1ccc(OC(=O)c2cn(CC)c3c(OC(F)(F)Cl)c(F)c(F)cc3c2=O)cc1. The molecule has 34 heavy (non-hydrogen) atoms. The minimum Gasteiger partial charge on any atom is -0.423 e. The van der Waals surface area contributed by atoms with Gasteiger partial charge in [-0.1, -0.05) is 19.1 Å². The quantitative estimate of drug-likeness (QED) is 0.185. The summed E-state index contributed by atoms with van der Waals surface area (Å²) in [4.78, 5) is 27.7. The van der Waals surface area contributed by atoms with E-state index in [0.29, 0.717) is 12.6 Å². The number of aryl methyl sites for hydroxylation is 1. The zero-order chi connectivity index (χ0) is 25.2. The predicted molar refractivity (Wildman–Crippen MR) is 119 cm³/mol. The van der Waals surface area contributed by atoms with Gasteiger partial charge < -0.3 is 18.9 Å². The number of aromatic nitrogens is 1. The summed E-state index contributed by atoms with van der Waals surface area (Å²) in [6.45, 7) is 5.08. The summed E-state index contributed by atoms with van der Waals surface area (Å²) in [6, 6.07) is 7.13. The first-order valence-electron chi connectivity index (χ1n) is 10.3. The summed E-state index contributed by atoms with van der Waals surface area (Å²) in [5.74, 6) is -5.52. The Morgan fingerprint density at radius 1 is 1.18 bits per heavy atom. The highest BCUT2D eigenvalue weighted by Gasteiger charge is 2.33. The molecule has 0 spiro atoms. The maximum Gasteiger partial charge on any atom is 0.487 e. The second-order valence-corrected chi connectivity index (χ2v) is 7.91. The van der Waals surface area contributed by atoms with Crippen molar-refractivity contribution in [1.29, 1.82) is 0 Å². The van der Waals surface area contributed by atoms with Crippen LogP contribution in [0.15, 0.2) is 41.3 Å². The van der Waals surface area contributed by atoms with Crippen molar-refractivity contribution in [3.8, 4) is 11.5 Å². The zero-order valence-electron chi connectivity index (χ0n) is 18.5. The number of hydrogen-bond donors (Lipinski definition) is 0. The molecule has 0 aliphatic carbocycles. The van der Waals surface area contributed by atoms with Crippen LogP contribution in [0.25, 0.3) is 10.9 Å². The van der Waals surface area contributed by atoms with Crippen molar-refractivity contribution < 1.29 is 31.8 Å². The summed E-state index contributed by atoms with van der Waals surface area (Å²) >= 11 is 4.74. The van der Waals surface area contributed by atoms with E-state index >= 15 is 0 Å². The van der Waals surface area contributed by atoms with Crippen molar-refractivity contribution in [2.45, 2.75) is 32.5 Å². The van der Waals surface area contributed by atoms with E-state index in [9.17, 15) is 27.2 Å². The molecule has 0 aliphatic rings. The molecular formula is C23H21ClF4N2O4. The summed E-state index contributed by atoms with van der Waals surface area (Å²) in [6.07, 6.45) is 1.01. The van der Waals surface area contributed by atoms with Crippen molar-refractivity contribution in [1.82, 2.24) is 9.47 Å². The van der Waals surface area contributed by atoms with E-state index in [1.54, 1.807) is 24.3 Å². The third kappa shape index (κ3) is 5.51. The first-order valence-corrected chi connectivity index (χ1v) is 10.6. The Kier molecular flexibility index (Phi) is 7.52. The molecule has 0 bridgehead atoms. The van der Waals surface area contributed by atoms with Gasteiger partial charge in [0.15, 0.2) is 11.6 Å². The molecule has 182 valence electrons. The van der Waals surface area contributed by atoms with E-state index in [2.05, 4.69) is 9.64 Å². The third-order valence-electron chi connectivity index (χ3n) is 5.12. The van der Waals surface area contributed by atoms with E-state index in [-0.39, 0.29) is 12.3 Å². The van der Waals surface area contributed by atoms with Crippen LogP contribution in [0.2, 0.25) is 0 Å². The molecule has 0 saturated heterocycles. The molecule has 0 amide bonds. The normalized spacial score (nSPS) is 11.8. The lowest BCUT2D eigenvalue weighted by atomic mass is 10.1. The van der Waals surface area contributed by atoms with Crippen molar-refractivity contribution in [3.63, 3.8) is 0 Å². The first kappa shape index (κ1) is 25.5. The number of hydrogen-bond acceptors (Lipinski definition) is 5. The highest BCUT2D eigenvalue weighted by molar-refractivity contribution is 6.21. The number of benzene rings is 2. The van der Waals surface area contributed by atoms with Gasteiger partial charge in [-0.15, -0.1) is 8.78 Å². The molecule has 1 heterocycles. The molecule has 3 rings (SSSR count). The Morgan fingerprint density at radius 2 is 1.82 bits per heavy atom. The maximum atomic E-state index is 14.3. The largest absolute Gasteiger partial charge is 0.487 e. The smallest absolute Gasteiger partial charge is 0.423 e. The summed E-state index contributed by atoms with van der Waals surface area (Å²) in [5.41, 5.74) is -5.42. The van der Waals surface area contributed by atoms with Crippen molar-refractivity contribution in [3.05, 3.63) is 69.5 Å². The topological polar surface area (TPSA) is 60.8 Å². The van der Waals surface area contributed by atoms with Crippen molar-refractivity contribution in [2.24, 2.45) is 0 Å². The fourth-order valence-corrected chi connectivity index (χ4v) is 3.40. The highest BCUT2D eigenvalue weighted by Crippen LogP contribution is 2.35. The number of pyridine rings is 1. The van der Waals surface area contributed by atoms with Gasteiger partial charge in [-0.05, 0) is 44.3 Å². The van der Waals surface area contributed by atoms with Crippen LogP contribution in [-0.4, -0.2) is 34.6 Å². The van der Waals surface area contributed by atoms with E-state index in [1.807, 2.05) is 14.0 Å². The Labute approximate surface area is 197 Å². The van der Waals surface area contributed by atoms with Gasteiger partial charge in [0.2, 0.25) is 11.2 Å². The fraction of sp³-hybridized carbons (Fsp3) is 0.304. The average Bonchev–Trinajstić information content (AvgIpc) is 2.77. The van der Waals surface area contributed by atoms with Crippen LogP contribution in [0, 0.1) is 11.6 Å². The Morgan fingerprint density at radius 3 is 2.38 bits per heavy atom. The van der Waals surface area contributed by atoms with E-state index in [1.165, 1.54) is 6.92 Å². The van der Waals surface area contributed by atoms with Crippen LogP contribution in [0.5, 0.6) is 11.5 Å². The maximum absolute atomic E-state index is 14.3. The number of rotatable bonds is 8. The van der Waals surface area contributed by atoms with Crippen LogP contribution < -0.4 is 14.9 Å². The first-order chi connectivity index (χ1) is 15.9. The monoisotopic (exact) mass is 500 g/mol. The van der Waals surface area contributed by atoms with Gasteiger partial charge in [0, 0.05) is 30.9 Å². The molecule has 0 saturated carbocycles. The molecule has 6 nitrogen and oxygen atoms in total. The number of halogens is 5. The number of ether oxygens (including phenoxy) is 2. The van der Waals surface area contributed by atoms with E-state index in [0.717, 1.165) is 22.9 Å². The molecule has 0 atom stereocenters. The molecular weight excluding hydrogens is 480 g/mol. The Bertz CT molecular complexity index is 1270. The average molecular weight is 501 g/mol. The molecule has 1 aromatic heterocycles. The molecule has 0 fully saturated rings. The van der Waals surface area contributed by atoms with Crippen LogP contribution in [0.3, 0.4) is 0 Å².